The Bertz CT molecular complexity index is 1460. The smallest absolute Gasteiger partial charge is 0.261 e. The van der Waals surface area contributed by atoms with Gasteiger partial charge in [-0.1, -0.05) is 65.7 Å². The zero-order valence-corrected chi connectivity index (χ0v) is 18.4. The van der Waals surface area contributed by atoms with E-state index in [-0.39, 0.29) is 28.9 Å². The van der Waals surface area contributed by atoms with Gasteiger partial charge in [-0.15, -0.1) is 0 Å². The lowest BCUT2D eigenvalue weighted by Gasteiger charge is -2.22. The molecule has 0 atom stereocenters. The maximum Gasteiger partial charge on any atom is 0.261 e. The molecule has 2 amide bonds. The Balaban J connectivity index is 1.78. The van der Waals surface area contributed by atoms with E-state index >= 15 is 0 Å². The van der Waals surface area contributed by atoms with Gasteiger partial charge in [0.2, 0.25) is 0 Å². The van der Waals surface area contributed by atoms with Crippen molar-refractivity contribution in [2.45, 2.75) is 6.54 Å². The number of carbonyl (C=O) groups is 2. The van der Waals surface area contributed by atoms with Crippen LogP contribution < -0.4 is 5.56 Å². The van der Waals surface area contributed by atoms with Crippen LogP contribution in [0.25, 0.3) is 21.9 Å². The first-order valence-corrected chi connectivity index (χ1v) is 10.7. The summed E-state index contributed by atoms with van der Waals surface area (Å²) in [5, 5.41) is 1.62. The molecule has 0 fully saturated rings. The standard InChI is InChI=1S/C25H16Cl2N2O3/c1-28-21(13-29-24(31)15-9-5-6-10-16(15)25(29)32)22(14-7-3-2-4-8-14)17-11-19(26)20(27)12-18(17)23(28)30/h2-12H,13H2,1H3. The van der Waals surface area contributed by atoms with Crippen LogP contribution in [-0.2, 0) is 13.6 Å². The minimum absolute atomic E-state index is 0.0570. The zero-order chi connectivity index (χ0) is 22.6. The molecular formula is C25H16Cl2N2O3. The molecule has 1 aliphatic rings. The molecule has 5 nitrogen and oxygen atoms in total. The number of aromatic nitrogens is 1. The average molecular weight is 463 g/mol. The summed E-state index contributed by atoms with van der Waals surface area (Å²) in [5.41, 5.74) is 2.51. The van der Waals surface area contributed by atoms with Crippen molar-refractivity contribution in [2.75, 3.05) is 0 Å². The highest BCUT2D eigenvalue weighted by Gasteiger charge is 2.36. The summed E-state index contributed by atoms with van der Waals surface area (Å²) in [6.45, 7) is -0.0570. The second-order valence-electron chi connectivity index (χ2n) is 7.61. The number of hydrogen-bond acceptors (Lipinski definition) is 3. The second kappa shape index (κ2) is 7.62. The summed E-state index contributed by atoms with van der Waals surface area (Å²) >= 11 is 12.5. The molecule has 158 valence electrons. The van der Waals surface area contributed by atoms with Gasteiger partial charge in [0.1, 0.15) is 0 Å². The molecule has 0 N–H and O–H groups in total. The minimum Gasteiger partial charge on any atom is -0.313 e. The predicted octanol–water partition coefficient (Wildman–Crippen LogP) is 5.31. The third-order valence-electron chi connectivity index (χ3n) is 5.81. The Labute approximate surface area is 193 Å². The molecule has 32 heavy (non-hydrogen) atoms. The van der Waals surface area contributed by atoms with E-state index in [4.69, 9.17) is 23.2 Å². The van der Waals surface area contributed by atoms with Gasteiger partial charge < -0.3 is 4.57 Å². The molecule has 3 aromatic carbocycles. The Morgan fingerprint density at radius 1 is 0.750 bits per heavy atom. The molecule has 0 saturated carbocycles. The molecule has 0 saturated heterocycles. The lowest BCUT2D eigenvalue weighted by Crippen LogP contribution is -2.33. The van der Waals surface area contributed by atoms with Crippen molar-refractivity contribution < 1.29 is 9.59 Å². The lowest BCUT2D eigenvalue weighted by atomic mass is 9.96. The first kappa shape index (κ1) is 20.5. The molecular weight excluding hydrogens is 447 g/mol. The summed E-state index contributed by atoms with van der Waals surface area (Å²) in [7, 11) is 1.63. The van der Waals surface area contributed by atoms with Gasteiger partial charge in [-0.3, -0.25) is 19.3 Å². The fraction of sp³-hybridized carbons (Fsp3) is 0.0800. The number of carbonyl (C=O) groups excluding carboxylic acids is 2. The van der Waals surface area contributed by atoms with Crippen LogP contribution in [-0.4, -0.2) is 21.3 Å². The van der Waals surface area contributed by atoms with Gasteiger partial charge in [0.15, 0.2) is 0 Å². The van der Waals surface area contributed by atoms with Crippen molar-refractivity contribution in [1.29, 1.82) is 0 Å². The van der Waals surface area contributed by atoms with Crippen LogP contribution in [0.15, 0.2) is 71.5 Å². The van der Waals surface area contributed by atoms with E-state index in [1.54, 1.807) is 43.4 Å². The highest BCUT2D eigenvalue weighted by Crippen LogP contribution is 2.36. The largest absolute Gasteiger partial charge is 0.313 e. The minimum atomic E-state index is -0.383. The number of hydrogen-bond donors (Lipinski definition) is 0. The van der Waals surface area contributed by atoms with E-state index in [0.29, 0.717) is 32.6 Å². The number of halogens is 2. The van der Waals surface area contributed by atoms with E-state index in [0.717, 1.165) is 11.1 Å². The van der Waals surface area contributed by atoms with E-state index in [1.165, 1.54) is 9.47 Å². The molecule has 2 heterocycles. The van der Waals surface area contributed by atoms with Crippen LogP contribution in [0.1, 0.15) is 26.4 Å². The predicted molar refractivity (Wildman–Crippen MR) is 125 cm³/mol. The van der Waals surface area contributed by atoms with Crippen molar-refractivity contribution in [3.05, 3.63) is 104 Å². The molecule has 0 aliphatic carbocycles. The zero-order valence-electron chi connectivity index (χ0n) is 16.9. The molecule has 7 heteroatoms. The maximum atomic E-state index is 13.2. The monoisotopic (exact) mass is 462 g/mol. The van der Waals surface area contributed by atoms with E-state index in [9.17, 15) is 14.4 Å². The second-order valence-corrected chi connectivity index (χ2v) is 8.42. The van der Waals surface area contributed by atoms with Crippen LogP contribution in [0, 0.1) is 0 Å². The van der Waals surface area contributed by atoms with Crippen molar-refractivity contribution in [2.24, 2.45) is 7.05 Å². The van der Waals surface area contributed by atoms with Crippen LogP contribution in [0.3, 0.4) is 0 Å². The van der Waals surface area contributed by atoms with Crippen LogP contribution >= 0.6 is 23.2 Å². The molecule has 0 radical (unpaired) electrons. The molecule has 0 unspecified atom stereocenters. The Morgan fingerprint density at radius 3 is 1.88 bits per heavy atom. The van der Waals surface area contributed by atoms with Crippen molar-refractivity contribution in [3.63, 3.8) is 0 Å². The molecule has 4 aromatic rings. The number of benzene rings is 3. The SMILES string of the molecule is Cn1c(CN2C(=O)c3ccccc3C2=O)c(-c2ccccc2)c2cc(Cl)c(Cl)cc2c1=O. The van der Waals surface area contributed by atoms with Gasteiger partial charge in [0, 0.05) is 23.7 Å². The van der Waals surface area contributed by atoms with E-state index in [2.05, 4.69) is 0 Å². The molecule has 0 spiro atoms. The van der Waals surface area contributed by atoms with Gasteiger partial charge >= 0.3 is 0 Å². The normalized spacial score (nSPS) is 13.2. The van der Waals surface area contributed by atoms with Crippen LogP contribution in [0.4, 0.5) is 0 Å². The van der Waals surface area contributed by atoms with Crippen molar-refractivity contribution in [3.8, 4) is 11.1 Å². The first-order valence-electron chi connectivity index (χ1n) is 9.89. The van der Waals surface area contributed by atoms with E-state index in [1.807, 2.05) is 30.3 Å². The quantitative estimate of drug-likeness (QED) is 0.387. The Hall–Kier alpha value is -3.41. The summed E-state index contributed by atoms with van der Waals surface area (Å²) in [5.74, 6) is -0.766. The molecule has 0 bridgehead atoms. The van der Waals surface area contributed by atoms with Crippen LogP contribution in [0.5, 0.6) is 0 Å². The first-order chi connectivity index (χ1) is 15.4. The van der Waals surface area contributed by atoms with Gasteiger partial charge in [0.05, 0.1) is 27.7 Å². The fourth-order valence-corrected chi connectivity index (χ4v) is 4.53. The van der Waals surface area contributed by atoms with Crippen molar-refractivity contribution >= 4 is 45.8 Å². The molecule has 1 aliphatic heterocycles. The number of pyridine rings is 1. The molecule has 5 rings (SSSR count). The number of rotatable bonds is 3. The number of nitrogens with zero attached hydrogens (tertiary/aromatic N) is 2. The Morgan fingerprint density at radius 2 is 1.28 bits per heavy atom. The van der Waals surface area contributed by atoms with Gasteiger partial charge in [-0.25, -0.2) is 0 Å². The molecule has 1 aromatic heterocycles. The van der Waals surface area contributed by atoms with Crippen LogP contribution in [0.2, 0.25) is 10.0 Å². The lowest BCUT2D eigenvalue weighted by molar-refractivity contribution is 0.0639. The third kappa shape index (κ3) is 3.05. The highest BCUT2D eigenvalue weighted by atomic mass is 35.5. The number of amides is 2. The summed E-state index contributed by atoms with van der Waals surface area (Å²) in [4.78, 5) is 40.4. The van der Waals surface area contributed by atoms with Crippen molar-refractivity contribution in [1.82, 2.24) is 9.47 Å². The number of imide groups is 1. The average Bonchev–Trinajstić information content (AvgIpc) is 3.04. The summed E-state index contributed by atoms with van der Waals surface area (Å²) < 4.78 is 1.47. The van der Waals surface area contributed by atoms with Gasteiger partial charge in [0.25, 0.3) is 17.4 Å². The summed E-state index contributed by atoms with van der Waals surface area (Å²) in [6.07, 6.45) is 0. The van der Waals surface area contributed by atoms with E-state index < -0.39 is 0 Å². The van der Waals surface area contributed by atoms with Gasteiger partial charge in [-0.2, -0.15) is 0 Å². The third-order valence-corrected chi connectivity index (χ3v) is 6.53. The fourth-order valence-electron chi connectivity index (χ4n) is 4.20. The van der Waals surface area contributed by atoms with Gasteiger partial charge in [-0.05, 0) is 35.2 Å². The maximum absolute atomic E-state index is 13.2. The highest BCUT2D eigenvalue weighted by molar-refractivity contribution is 6.43. The summed E-state index contributed by atoms with van der Waals surface area (Å²) in [6, 6.07) is 19.4. The topological polar surface area (TPSA) is 59.4 Å². The number of fused-ring (bicyclic) bond motifs is 2. The Kier molecular flexibility index (Phi) is 4.88.